The van der Waals surface area contributed by atoms with Crippen LogP contribution in [-0.2, 0) is 23.1 Å². The zero-order valence-corrected chi connectivity index (χ0v) is 24.4. The lowest BCUT2D eigenvalue weighted by Gasteiger charge is -2.27. The first-order chi connectivity index (χ1) is 17.0. The van der Waals surface area contributed by atoms with Gasteiger partial charge in [-0.15, -0.1) is 0 Å². The molecule has 1 fully saturated rings. The minimum atomic E-state index is -4.49. The second-order valence-electron chi connectivity index (χ2n) is 11.5. The van der Waals surface area contributed by atoms with Crippen LogP contribution in [-0.4, -0.2) is 69.2 Å². The number of nitrogens with zero attached hydrogens (tertiary/aromatic N) is 1. The van der Waals surface area contributed by atoms with Crippen molar-refractivity contribution >= 4 is 13.8 Å². The summed E-state index contributed by atoms with van der Waals surface area (Å²) in [6, 6.07) is 0. The van der Waals surface area contributed by atoms with E-state index in [0.717, 1.165) is 31.1 Å². The summed E-state index contributed by atoms with van der Waals surface area (Å²) in [6.45, 7) is 1.97. The summed E-state index contributed by atoms with van der Waals surface area (Å²) >= 11 is 0. The lowest BCUT2D eigenvalue weighted by Crippen LogP contribution is -2.37. The first-order valence-corrected chi connectivity index (χ1v) is 15.7. The third-order valence-corrected chi connectivity index (χ3v) is 7.79. The van der Waals surface area contributed by atoms with Crippen molar-refractivity contribution in [3.8, 4) is 0 Å². The van der Waals surface area contributed by atoms with Gasteiger partial charge in [0.15, 0.2) is 0 Å². The minimum Gasteiger partial charge on any atom is -0.756 e. The molecular formula is C27H54NO7P. The van der Waals surface area contributed by atoms with Gasteiger partial charge >= 0.3 is 5.97 Å². The van der Waals surface area contributed by atoms with Crippen molar-refractivity contribution in [1.82, 2.24) is 0 Å². The molecule has 1 aliphatic rings. The molecule has 214 valence electrons. The number of phosphoric acid groups is 1. The molecule has 0 bridgehead atoms. The first kappa shape index (κ1) is 33.5. The predicted molar refractivity (Wildman–Crippen MR) is 141 cm³/mol. The second kappa shape index (κ2) is 18.7. The maximum Gasteiger partial charge on any atom is 0.305 e. The van der Waals surface area contributed by atoms with Gasteiger partial charge in [-0.25, -0.2) is 0 Å². The van der Waals surface area contributed by atoms with Crippen LogP contribution in [0.3, 0.4) is 0 Å². The van der Waals surface area contributed by atoms with Gasteiger partial charge in [-0.2, -0.15) is 0 Å². The monoisotopic (exact) mass is 535 g/mol. The molecule has 1 unspecified atom stereocenters. The van der Waals surface area contributed by atoms with E-state index in [-0.39, 0.29) is 19.2 Å². The zero-order chi connectivity index (χ0) is 26.9. The highest BCUT2D eigenvalue weighted by Gasteiger charge is 2.34. The summed E-state index contributed by atoms with van der Waals surface area (Å²) < 4.78 is 26.7. The van der Waals surface area contributed by atoms with Crippen LogP contribution in [0.2, 0.25) is 0 Å². The van der Waals surface area contributed by atoms with Gasteiger partial charge in [0.2, 0.25) is 0 Å². The summed E-state index contributed by atoms with van der Waals surface area (Å²) in [5, 5.41) is 9.82. The van der Waals surface area contributed by atoms with Crippen LogP contribution in [0.25, 0.3) is 0 Å². The van der Waals surface area contributed by atoms with Crippen LogP contribution in [0, 0.1) is 11.8 Å². The van der Waals surface area contributed by atoms with E-state index < -0.39 is 20.5 Å². The van der Waals surface area contributed by atoms with Gasteiger partial charge in [0, 0.05) is 6.42 Å². The molecular weight excluding hydrogens is 481 g/mol. The van der Waals surface area contributed by atoms with Crippen LogP contribution in [0.1, 0.15) is 103 Å². The van der Waals surface area contributed by atoms with E-state index in [4.69, 9.17) is 9.26 Å². The number of aliphatic hydroxyl groups excluding tert-OH is 1. The summed E-state index contributed by atoms with van der Waals surface area (Å²) in [7, 11) is 1.26. The molecule has 0 aromatic carbocycles. The molecule has 4 atom stereocenters. The standard InChI is InChI=1S/C27H54NO7P/c1-5-6-7-13-16-24-21-25(24)17-14-11-9-8-10-12-15-18-27(30)33-22-26(29)23-35-36(31,32)34-20-19-28(2,3)4/h24-26,29H,5-23H2,1-4H3/t24-,25+,26-/m1/s1. The van der Waals surface area contributed by atoms with E-state index in [1.807, 2.05) is 21.1 Å². The topological polar surface area (TPSA) is 105 Å². The van der Waals surface area contributed by atoms with E-state index in [1.165, 1.54) is 70.6 Å². The fourth-order valence-electron chi connectivity index (χ4n) is 4.36. The van der Waals surface area contributed by atoms with E-state index in [2.05, 4.69) is 11.4 Å². The third-order valence-electron chi connectivity index (χ3n) is 6.83. The molecule has 1 N–H and O–H groups in total. The lowest BCUT2D eigenvalue weighted by atomic mass is 10.0. The van der Waals surface area contributed by atoms with Crippen molar-refractivity contribution in [2.45, 2.75) is 109 Å². The highest BCUT2D eigenvalue weighted by atomic mass is 31.2. The van der Waals surface area contributed by atoms with Gasteiger partial charge in [0.25, 0.3) is 7.82 Å². The molecule has 8 nitrogen and oxygen atoms in total. The number of likely N-dealkylation sites (N-methyl/N-ethyl adjacent to an activating group) is 1. The van der Waals surface area contributed by atoms with Gasteiger partial charge < -0.3 is 28.3 Å². The number of carbonyl (C=O) groups excluding carboxylic acids is 1. The molecule has 0 radical (unpaired) electrons. The van der Waals surface area contributed by atoms with Crippen LogP contribution >= 0.6 is 7.82 Å². The van der Waals surface area contributed by atoms with Crippen molar-refractivity contribution in [2.24, 2.45) is 11.8 Å². The van der Waals surface area contributed by atoms with Crippen LogP contribution in [0.15, 0.2) is 0 Å². The summed E-state index contributed by atoms with van der Waals surface area (Å²) in [5.41, 5.74) is 0. The molecule has 1 aliphatic carbocycles. The Labute approximate surface area is 220 Å². The third kappa shape index (κ3) is 19.6. The SMILES string of the molecule is CCCCCC[C@@H]1C[C@@H]1CCCCCCCCCC(=O)OC[C@@H](O)COP(=O)([O-])OCC[N+](C)(C)C. The Morgan fingerprint density at radius 2 is 1.47 bits per heavy atom. The fourth-order valence-corrected chi connectivity index (χ4v) is 5.10. The summed E-state index contributed by atoms with van der Waals surface area (Å²) in [6.07, 6.45) is 17.0. The maximum absolute atomic E-state index is 11.8. The summed E-state index contributed by atoms with van der Waals surface area (Å²) in [4.78, 5) is 23.5. The van der Waals surface area contributed by atoms with Crippen molar-refractivity contribution < 1.29 is 37.6 Å². The largest absolute Gasteiger partial charge is 0.756 e. The number of ether oxygens (including phenoxy) is 1. The van der Waals surface area contributed by atoms with Gasteiger partial charge in [-0.1, -0.05) is 84.0 Å². The Morgan fingerprint density at radius 1 is 0.917 bits per heavy atom. The highest BCUT2D eigenvalue weighted by molar-refractivity contribution is 7.45. The first-order valence-electron chi connectivity index (χ1n) is 14.3. The van der Waals surface area contributed by atoms with Gasteiger partial charge in [-0.3, -0.25) is 9.36 Å². The van der Waals surface area contributed by atoms with Gasteiger partial charge in [-0.05, 0) is 24.7 Å². The Morgan fingerprint density at radius 3 is 2.06 bits per heavy atom. The van der Waals surface area contributed by atoms with E-state index in [1.54, 1.807) is 0 Å². The molecule has 0 aromatic rings. The fraction of sp³-hybridized carbons (Fsp3) is 0.963. The Hall–Kier alpha value is -0.500. The Bertz CT molecular complexity index is 626. The number of esters is 1. The Balaban J connectivity index is 1.90. The molecule has 0 aromatic heterocycles. The average molecular weight is 536 g/mol. The van der Waals surface area contributed by atoms with Crippen molar-refractivity contribution in [2.75, 3.05) is 47.5 Å². The number of hydrogen-bond donors (Lipinski definition) is 1. The molecule has 0 aliphatic heterocycles. The number of rotatable bonds is 24. The van der Waals surface area contributed by atoms with Crippen LogP contribution < -0.4 is 4.89 Å². The van der Waals surface area contributed by atoms with Crippen molar-refractivity contribution in [1.29, 1.82) is 0 Å². The van der Waals surface area contributed by atoms with Crippen molar-refractivity contribution in [3.05, 3.63) is 0 Å². The molecule has 1 saturated carbocycles. The number of phosphoric ester groups is 1. The van der Waals surface area contributed by atoms with E-state index >= 15 is 0 Å². The molecule has 0 spiro atoms. The van der Waals surface area contributed by atoms with Gasteiger partial charge in [0.1, 0.15) is 25.9 Å². The quantitative estimate of drug-likeness (QED) is 0.0782. The minimum absolute atomic E-state index is 0.00447. The Kier molecular flexibility index (Phi) is 17.4. The molecule has 0 saturated heterocycles. The van der Waals surface area contributed by atoms with Crippen LogP contribution in [0.5, 0.6) is 0 Å². The lowest BCUT2D eigenvalue weighted by molar-refractivity contribution is -0.870. The second-order valence-corrected chi connectivity index (χ2v) is 13.0. The molecule has 0 heterocycles. The molecule has 0 amide bonds. The predicted octanol–water partition coefficient (Wildman–Crippen LogP) is 5.22. The molecule has 9 heteroatoms. The highest BCUT2D eigenvalue weighted by Crippen LogP contribution is 2.45. The smallest absolute Gasteiger partial charge is 0.305 e. The van der Waals surface area contributed by atoms with Crippen molar-refractivity contribution in [3.63, 3.8) is 0 Å². The zero-order valence-electron chi connectivity index (χ0n) is 23.5. The summed E-state index contributed by atoms with van der Waals surface area (Å²) in [5.74, 6) is 1.66. The number of carbonyl (C=O) groups is 1. The van der Waals surface area contributed by atoms with Gasteiger partial charge in [0.05, 0.1) is 27.7 Å². The van der Waals surface area contributed by atoms with E-state index in [9.17, 15) is 19.4 Å². The maximum atomic E-state index is 11.8. The van der Waals surface area contributed by atoms with Crippen LogP contribution in [0.4, 0.5) is 0 Å². The number of aliphatic hydroxyl groups is 1. The van der Waals surface area contributed by atoms with E-state index in [0.29, 0.717) is 17.4 Å². The molecule has 36 heavy (non-hydrogen) atoms. The number of unbranched alkanes of at least 4 members (excludes halogenated alkanes) is 9. The normalized spacial score (nSPS) is 20.2. The average Bonchev–Trinajstić information content (AvgIpc) is 3.55. The number of hydrogen-bond acceptors (Lipinski definition) is 7. The number of quaternary nitrogens is 1. The molecule has 1 rings (SSSR count).